The van der Waals surface area contributed by atoms with Gasteiger partial charge in [0.15, 0.2) is 16.6 Å². The zero-order chi connectivity index (χ0) is 22.9. The van der Waals surface area contributed by atoms with Crippen LogP contribution in [0, 0.1) is 0 Å². The van der Waals surface area contributed by atoms with Gasteiger partial charge in [0.2, 0.25) is 0 Å². The van der Waals surface area contributed by atoms with Gasteiger partial charge in [-0.1, -0.05) is 29.3 Å². The van der Waals surface area contributed by atoms with Gasteiger partial charge < -0.3 is 25.0 Å². The molecule has 1 heterocycles. The van der Waals surface area contributed by atoms with E-state index in [-0.39, 0.29) is 5.41 Å². The highest BCUT2D eigenvalue weighted by Gasteiger charge is 2.50. The van der Waals surface area contributed by atoms with Crippen molar-refractivity contribution in [2.75, 3.05) is 33.1 Å². The standard InChI is InChI=1S/C24H29Cl2N3O2S/c1-29-9-8-24(15-4-5-20(30-2)21(10-15)31-3)7-6-18(14-22(24)29)27-23(32)28-19-12-16(25)11-17(26)13-19/h4-5,10-13,18,22H,6-9,14H2,1-3H3,(H2,27,28,32)/t18-,22+,24-/m0/s1. The molecule has 8 heteroatoms. The number of hydrogen-bond acceptors (Lipinski definition) is 4. The van der Waals surface area contributed by atoms with Crippen molar-refractivity contribution in [1.82, 2.24) is 10.2 Å². The normalized spacial score (nSPS) is 25.2. The molecule has 2 aromatic rings. The second-order valence-corrected chi connectivity index (χ2v) is 9.98. The van der Waals surface area contributed by atoms with Crippen LogP contribution < -0.4 is 20.1 Å². The maximum absolute atomic E-state index is 6.11. The Bertz CT molecular complexity index is 985. The van der Waals surface area contributed by atoms with Crippen LogP contribution in [0.5, 0.6) is 11.5 Å². The smallest absolute Gasteiger partial charge is 0.170 e. The van der Waals surface area contributed by atoms with Crippen LogP contribution in [0.15, 0.2) is 36.4 Å². The van der Waals surface area contributed by atoms with Crippen LogP contribution in [0.1, 0.15) is 31.2 Å². The Balaban J connectivity index is 1.48. The summed E-state index contributed by atoms with van der Waals surface area (Å²) in [7, 11) is 5.59. The van der Waals surface area contributed by atoms with E-state index in [0.29, 0.717) is 27.2 Å². The molecule has 3 atom stereocenters. The number of anilines is 1. The Hall–Kier alpha value is -1.73. The summed E-state index contributed by atoms with van der Waals surface area (Å²) in [6.07, 6.45) is 4.28. The summed E-state index contributed by atoms with van der Waals surface area (Å²) in [4.78, 5) is 2.48. The average Bonchev–Trinajstić information content (AvgIpc) is 3.09. The number of nitrogens with one attached hydrogen (secondary N) is 2. The highest BCUT2D eigenvalue weighted by molar-refractivity contribution is 7.80. The lowest BCUT2D eigenvalue weighted by atomic mass is 9.65. The first kappa shape index (κ1) is 23.4. The zero-order valence-electron chi connectivity index (χ0n) is 18.6. The van der Waals surface area contributed by atoms with E-state index in [1.165, 1.54) is 5.56 Å². The summed E-state index contributed by atoms with van der Waals surface area (Å²) < 4.78 is 11.0. The fourth-order valence-corrected chi connectivity index (χ4v) is 6.18. The molecule has 0 bridgehead atoms. The minimum Gasteiger partial charge on any atom is -0.493 e. The van der Waals surface area contributed by atoms with Crippen molar-refractivity contribution in [2.45, 2.75) is 43.2 Å². The lowest BCUT2D eigenvalue weighted by molar-refractivity contribution is 0.161. The number of fused-ring (bicyclic) bond motifs is 1. The number of rotatable bonds is 5. The zero-order valence-corrected chi connectivity index (χ0v) is 20.9. The Labute approximate surface area is 205 Å². The minimum atomic E-state index is 0.113. The van der Waals surface area contributed by atoms with Gasteiger partial charge in [-0.25, -0.2) is 0 Å². The Morgan fingerprint density at radius 3 is 2.47 bits per heavy atom. The molecule has 2 N–H and O–H groups in total. The highest BCUT2D eigenvalue weighted by Crippen LogP contribution is 2.49. The lowest BCUT2D eigenvalue weighted by Crippen LogP contribution is -2.52. The molecule has 1 saturated heterocycles. The van der Waals surface area contributed by atoms with E-state index in [4.69, 9.17) is 44.9 Å². The summed E-state index contributed by atoms with van der Waals surface area (Å²) >= 11 is 17.8. The van der Waals surface area contributed by atoms with Gasteiger partial charge in [0, 0.05) is 33.2 Å². The number of nitrogens with zero attached hydrogens (tertiary/aromatic N) is 1. The van der Waals surface area contributed by atoms with Crippen molar-refractivity contribution in [3.8, 4) is 11.5 Å². The largest absolute Gasteiger partial charge is 0.493 e. The quantitative estimate of drug-likeness (QED) is 0.536. The van der Waals surface area contributed by atoms with Gasteiger partial charge in [0.05, 0.1) is 14.2 Å². The molecule has 0 aromatic heterocycles. The number of methoxy groups -OCH3 is 2. The van der Waals surface area contributed by atoms with E-state index in [1.807, 2.05) is 18.2 Å². The number of halogens is 2. The number of likely N-dealkylation sites (N-methyl/N-ethyl adjacent to an activating group) is 1. The Morgan fingerprint density at radius 2 is 1.78 bits per heavy atom. The summed E-state index contributed by atoms with van der Waals surface area (Å²) in [5, 5.41) is 8.47. The van der Waals surface area contributed by atoms with Crippen molar-refractivity contribution in [3.63, 3.8) is 0 Å². The first-order valence-electron chi connectivity index (χ1n) is 10.8. The van der Waals surface area contributed by atoms with Gasteiger partial charge in [-0.05, 0) is 87.4 Å². The Morgan fingerprint density at radius 1 is 1.06 bits per heavy atom. The van der Waals surface area contributed by atoms with E-state index in [2.05, 4.69) is 34.7 Å². The molecule has 172 valence electrons. The third kappa shape index (κ3) is 4.65. The van der Waals surface area contributed by atoms with Crippen molar-refractivity contribution in [1.29, 1.82) is 0 Å². The van der Waals surface area contributed by atoms with Gasteiger partial charge in [-0.3, -0.25) is 0 Å². The second-order valence-electron chi connectivity index (χ2n) is 8.70. The number of benzene rings is 2. The van der Waals surface area contributed by atoms with Crippen LogP contribution in [-0.2, 0) is 5.41 Å². The van der Waals surface area contributed by atoms with E-state index in [9.17, 15) is 0 Å². The van der Waals surface area contributed by atoms with Gasteiger partial charge >= 0.3 is 0 Å². The molecule has 4 rings (SSSR count). The van der Waals surface area contributed by atoms with Gasteiger partial charge in [0.1, 0.15) is 0 Å². The highest BCUT2D eigenvalue weighted by atomic mass is 35.5. The number of hydrogen-bond donors (Lipinski definition) is 2. The summed E-state index contributed by atoms with van der Waals surface area (Å²) in [5.41, 5.74) is 2.23. The maximum atomic E-state index is 6.11. The molecule has 1 saturated carbocycles. The van der Waals surface area contributed by atoms with E-state index >= 15 is 0 Å². The van der Waals surface area contributed by atoms with Crippen LogP contribution >= 0.6 is 35.4 Å². The third-order valence-electron chi connectivity index (χ3n) is 6.94. The third-order valence-corrected chi connectivity index (χ3v) is 7.60. The van der Waals surface area contributed by atoms with Crippen LogP contribution in [0.2, 0.25) is 10.0 Å². The predicted molar refractivity (Wildman–Crippen MR) is 136 cm³/mol. The number of ether oxygens (including phenoxy) is 2. The molecule has 0 amide bonds. The molecule has 1 aliphatic heterocycles. The summed E-state index contributed by atoms with van der Waals surface area (Å²) in [6.45, 7) is 1.08. The molecule has 5 nitrogen and oxygen atoms in total. The molecular weight excluding hydrogens is 465 g/mol. The molecule has 0 radical (unpaired) electrons. The van der Waals surface area contributed by atoms with Crippen LogP contribution in [0.3, 0.4) is 0 Å². The molecule has 0 spiro atoms. The Kier molecular flexibility index (Phi) is 7.06. The van der Waals surface area contributed by atoms with Crippen LogP contribution in [0.4, 0.5) is 5.69 Å². The first-order chi connectivity index (χ1) is 15.3. The summed E-state index contributed by atoms with van der Waals surface area (Å²) in [5.74, 6) is 1.56. The van der Waals surface area contributed by atoms with Crippen molar-refractivity contribution in [2.24, 2.45) is 0 Å². The van der Waals surface area contributed by atoms with Crippen LogP contribution in [0.25, 0.3) is 0 Å². The lowest BCUT2D eigenvalue weighted by Gasteiger charge is -2.45. The van der Waals surface area contributed by atoms with Gasteiger partial charge in [0.25, 0.3) is 0 Å². The molecule has 2 fully saturated rings. The second kappa shape index (κ2) is 9.64. The molecule has 0 unspecified atom stereocenters. The van der Waals surface area contributed by atoms with Crippen molar-refractivity contribution >= 4 is 46.2 Å². The fraction of sp³-hybridized carbons (Fsp3) is 0.458. The van der Waals surface area contributed by atoms with Crippen molar-refractivity contribution < 1.29 is 9.47 Å². The van der Waals surface area contributed by atoms with E-state index in [1.54, 1.807) is 20.3 Å². The molecule has 2 aromatic carbocycles. The first-order valence-corrected chi connectivity index (χ1v) is 12.0. The monoisotopic (exact) mass is 493 g/mol. The molecule has 32 heavy (non-hydrogen) atoms. The average molecular weight is 494 g/mol. The maximum Gasteiger partial charge on any atom is 0.170 e. The minimum absolute atomic E-state index is 0.113. The molecule has 1 aliphatic carbocycles. The topological polar surface area (TPSA) is 45.8 Å². The van der Waals surface area contributed by atoms with Gasteiger partial charge in [-0.2, -0.15) is 0 Å². The number of likely N-dealkylation sites (tertiary alicyclic amines) is 1. The SMILES string of the molecule is COc1ccc([C@@]23CC[C@H](NC(=S)Nc4cc(Cl)cc(Cl)c4)C[C@H]2N(C)CC3)cc1OC. The van der Waals surface area contributed by atoms with Crippen LogP contribution in [-0.4, -0.2) is 49.9 Å². The van der Waals surface area contributed by atoms with E-state index in [0.717, 1.165) is 49.4 Å². The van der Waals surface area contributed by atoms with E-state index < -0.39 is 0 Å². The number of thiocarbonyl (C=S) groups is 1. The summed E-state index contributed by atoms with van der Waals surface area (Å²) in [6, 6.07) is 12.4. The predicted octanol–water partition coefficient (Wildman–Crippen LogP) is 5.49. The van der Waals surface area contributed by atoms with Crippen molar-refractivity contribution in [3.05, 3.63) is 52.0 Å². The molecule has 2 aliphatic rings. The van der Waals surface area contributed by atoms with Gasteiger partial charge in [-0.15, -0.1) is 0 Å². The fourth-order valence-electron chi connectivity index (χ4n) is 5.37. The molecular formula is C24H29Cl2N3O2S.